The molecule has 8 N–H and O–H groups in total. The van der Waals surface area contributed by atoms with Crippen LogP contribution in [0.2, 0.25) is 0 Å². The highest BCUT2D eigenvalue weighted by Gasteiger charge is 2.28. The van der Waals surface area contributed by atoms with E-state index in [1.165, 1.54) is 19.1 Å². The number of carbonyl (C=O) groups is 4. The number of carbonyl (C=O) groups excluding carboxylic acids is 4. The summed E-state index contributed by atoms with van der Waals surface area (Å²) >= 11 is 0. The van der Waals surface area contributed by atoms with Crippen LogP contribution in [-0.4, -0.2) is 52.9 Å². The molecule has 0 bridgehead atoms. The molecule has 40 heavy (non-hydrogen) atoms. The molecule has 3 rings (SSSR count). The molecule has 3 aromatic carbocycles. The summed E-state index contributed by atoms with van der Waals surface area (Å²) < 4.78 is 0. The van der Waals surface area contributed by atoms with Gasteiger partial charge in [-0.2, -0.15) is 0 Å². The minimum Gasteiger partial charge on any atom is -0.508 e. The molecule has 0 aliphatic heterocycles. The molecular weight excluding hydrogens is 510 g/mol. The van der Waals surface area contributed by atoms with Crippen molar-refractivity contribution in [1.82, 2.24) is 16.0 Å². The first-order valence-electron chi connectivity index (χ1n) is 12.9. The molecule has 4 amide bonds. The summed E-state index contributed by atoms with van der Waals surface area (Å²) in [5.41, 5.74) is 13.9. The fourth-order valence-corrected chi connectivity index (χ4v) is 4.07. The second-order valence-electron chi connectivity index (χ2n) is 9.61. The summed E-state index contributed by atoms with van der Waals surface area (Å²) in [4.78, 5) is 51.1. The molecule has 0 unspecified atom stereocenters. The molecule has 0 saturated carbocycles. The van der Waals surface area contributed by atoms with Gasteiger partial charge in [0, 0.05) is 12.8 Å². The Morgan fingerprint density at radius 3 is 1.65 bits per heavy atom. The van der Waals surface area contributed by atoms with Gasteiger partial charge in [-0.25, -0.2) is 0 Å². The Bertz CT molecular complexity index is 1280. The van der Waals surface area contributed by atoms with Gasteiger partial charge >= 0.3 is 0 Å². The average Bonchev–Trinajstić information content (AvgIpc) is 2.94. The zero-order valence-electron chi connectivity index (χ0n) is 22.2. The number of aromatic hydroxyl groups is 1. The van der Waals surface area contributed by atoms with Crippen molar-refractivity contribution in [3.8, 4) is 5.75 Å². The Morgan fingerprint density at radius 2 is 1.12 bits per heavy atom. The van der Waals surface area contributed by atoms with E-state index in [2.05, 4.69) is 16.0 Å². The van der Waals surface area contributed by atoms with Crippen molar-refractivity contribution in [2.45, 2.75) is 50.4 Å². The second kappa shape index (κ2) is 14.5. The number of hydrogen-bond donors (Lipinski definition) is 6. The highest BCUT2D eigenvalue weighted by molar-refractivity contribution is 5.94. The third-order valence-electron chi connectivity index (χ3n) is 6.34. The summed E-state index contributed by atoms with van der Waals surface area (Å²) in [6.07, 6.45) is 0.547. The highest BCUT2D eigenvalue weighted by atomic mass is 16.3. The van der Waals surface area contributed by atoms with Crippen molar-refractivity contribution in [3.05, 3.63) is 102 Å². The summed E-state index contributed by atoms with van der Waals surface area (Å²) in [5, 5.41) is 17.4. The van der Waals surface area contributed by atoms with Crippen molar-refractivity contribution in [2.24, 2.45) is 11.5 Å². The number of amides is 4. The van der Waals surface area contributed by atoms with Crippen LogP contribution in [0.1, 0.15) is 23.6 Å². The normalized spacial score (nSPS) is 13.8. The fourth-order valence-electron chi connectivity index (χ4n) is 4.07. The van der Waals surface area contributed by atoms with Gasteiger partial charge in [0.2, 0.25) is 23.6 Å². The summed E-state index contributed by atoms with van der Waals surface area (Å²) in [5.74, 6) is -2.33. The lowest BCUT2D eigenvalue weighted by molar-refractivity contribution is -0.133. The van der Waals surface area contributed by atoms with E-state index < -0.39 is 47.8 Å². The van der Waals surface area contributed by atoms with E-state index in [0.29, 0.717) is 0 Å². The number of primary amides is 1. The lowest BCUT2D eigenvalue weighted by Crippen LogP contribution is -2.57. The number of phenolic OH excluding ortho intramolecular Hbond substituents is 1. The monoisotopic (exact) mass is 545 g/mol. The first kappa shape index (κ1) is 29.9. The lowest BCUT2D eigenvalue weighted by atomic mass is 10.0. The Labute approximate surface area is 233 Å². The zero-order valence-corrected chi connectivity index (χ0v) is 22.2. The standard InChI is InChI=1S/C30H35N5O5/c1-19(33-29(39)24(31)16-22-12-14-23(36)15-13-22)28(38)35-26(18-21-10-6-3-7-11-21)30(40)34-25(27(32)37)17-20-8-4-2-5-9-20/h2-15,19,24-26,36H,16-18,31H2,1H3,(H2,32,37)(H,33,39)(H,34,40)(H,35,38)/t19-,24-,25-,26-/m0/s1. The third kappa shape index (κ3) is 9.25. The molecule has 10 nitrogen and oxygen atoms in total. The Balaban J connectivity index is 1.66. The van der Waals surface area contributed by atoms with Crippen LogP contribution in [0.4, 0.5) is 0 Å². The Morgan fingerprint density at radius 1 is 0.650 bits per heavy atom. The van der Waals surface area contributed by atoms with Crippen molar-refractivity contribution in [1.29, 1.82) is 0 Å². The average molecular weight is 546 g/mol. The van der Waals surface area contributed by atoms with E-state index in [9.17, 15) is 24.3 Å². The molecule has 0 saturated heterocycles. The number of hydrogen-bond acceptors (Lipinski definition) is 6. The van der Waals surface area contributed by atoms with Crippen LogP contribution in [-0.2, 0) is 38.4 Å². The number of rotatable bonds is 13. The summed E-state index contributed by atoms with van der Waals surface area (Å²) in [6, 6.07) is 20.5. The molecule has 0 radical (unpaired) electrons. The third-order valence-corrected chi connectivity index (χ3v) is 6.34. The van der Waals surface area contributed by atoms with E-state index in [4.69, 9.17) is 11.5 Å². The van der Waals surface area contributed by atoms with E-state index >= 15 is 0 Å². The van der Waals surface area contributed by atoms with Gasteiger partial charge < -0.3 is 32.5 Å². The highest BCUT2D eigenvalue weighted by Crippen LogP contribution is 2.11. The fraction of sp³-hybridized carbons (Fsp3) is 0.267. The molecule has 210 valence electrons. The molecule has 0 heterocycles. The van der Waals surface area contributed by atoms with Crippen LogP contribution < -0.4 is 27.4 Å². The first-order chi connectivity index (χ1) is 19.1. The van der Waals surface area contributed by atoms with Gasteiger partial charge in [0.15, 0.2) is 0 Å². The predicted molar refractivity (Wildman–Crippen MR) is 151 cm³/mol. The smallest absolute Gasteiger partial charge is 0.243 e. The minimum absolute atomic E-state index is 0.100. The van der Waals surface area contributed by atoms with Gasteiger partial charge in [0.25, 0.3) is 0 Å². The second-order valence-corrected chi connectivity index (χ2v) is 9.61. The van der Waals surface area contributed by atoms with E-state index in [-0.39, 0.29) is 25.0 Å². The molecule has 10 heteroatoms. The van der Waals surface area contributed by atoms with E-state index in [1.807, 2.05) is 60.7 Å². The Kier molecular flexibility index (Phi) is 10.8. The number of phenols is 1. The molecule has 0 fully saturated rings. The summed E-state index contributed by atoms with van der Waals surface area (Å²) in [6.45, 7) is 1.49. The van der Waals surface area contributed by atoms with Gasteiger partial charge in [-0.15, -0.1) is 0 Å². The van der Waals surface area contributed by atoms with Crippen LogP contribution >= 0.6 is 0 Å². The van der Waals surface area contributed by atoms with Gasteiger partial charge in [-0.3, -0.25) is 19.2 Å². The molecular formula is C30H35N5O5. The maximum absolute atomic E-state index is 13.3. The first-order valence-corrected chi connectivity index (χ1v) is 12.9. The van der Waals surface area contributed by atoms with Gasteiger partial charge in [0.1, 0.15) is 23.9 Å². The van der Waals surface area contributed by atoms with Crippen molar-refractivity contribution in [2.75, 3.05) is 0 Å². The van der Waals surface area contributed by atoms with Crippen LogP contribution in [0.15, 0.2) is 84.9 Å². The molecule has 0 aromatic heterocycles. The maximum atomic E-state index is 13.3. The quantitative estimate of drug-likeness (QED) is 0.184. The van der Waals surface area contributed by atoms with Crippen LogP contribution in [0.5, 0.6) is 5.75 Å². The van der Waals surface area contributed by atoms with Gasteiger partial charge in [-0.05, 0) is 42.2 Å². The zero-order chi connectivity index (χ0) is 29.1. The maximum Gasteiger partial charge on any atom is 0.243 e. The molecule has 0 aliphatic carbocycles. The SMILES string of the molecule is C[C@H](NC(=O)[C@@H](N)Cc1ccc(O)cc1)C(=O)N[C@@H](Cc1ccccc1)C(=O)N[C@@H](Cc1ccccc1)C(N)=O. The van der Waals surface area contributed by atoms with E-state index in [1.54, 1.807) is 12.1 Å². The summed E-state index contributed by atoms with van der Waals surface area (Å²) in [7, 11) is 0. The van der Waals surface area contributed by atoms with Crippen molar-refractivity contribution < 1.29 is 24.3 Å². The van der Waals surface area contributed by atoms with Crippen molar-refractivity contribution >= 4 is 23.6 Å². The van der Waals surface area contributed by atoms with Crippen LogP contribution in [0.25, 0.3) is 0 Å². The number of nitrogens with one attached hydrogen (secondary N) is 3. The number of nitrogens with two attached hydrogens (primary N) is 2. The molecule has 4 atom stereocenters. The predicted octanol–water partition coefficient (Wildman–Crippen LogP) is 0.707. The topological polar surface area (TPSA) is 177 Å². The van der Waals surface area contributed by atoms with Crippen LogP contribution in [0.3, 0.4) is 0 Å². The van der Waals surface area contributed by atoms with Gasteiger partial charge in [-0.1, -0.05) is 72.8 Å². The van der Waals surface area contributed by atoms with Crippen LogP contribution in [0, 0.1) is 0 Å². The molecule has 3 aromatic rings. The Hall–Kier alpha value is -4.70. The largest absolute Gasteiger partial charge is 0.508 e. The van der Waals surface area contributed by atoms with Gasteiger partial charge in [0.05, 0.1) is 6.04 Å². The number of benzene rings is 3. The molecule has 0 aliphatic rings. The minimum atomic E-state index is -1.04. The molecule has 0 spiro atoms. The van der Waals surface area contributed by atoms with E-state index in [0.717, 1.165) is 16.7 Å². The lowest BCUT2D eigenvalue weighted by Gasteiger charge is -2.24. The van der Waals surface area contributed by atoms with Crippen molar-refractivity contribution in [3.63, 3.8) is 0 Å².